The fourth-order valence-corrected chi connectivity index (χ4v) is 3.66. The van der Waals surface area contributed by atoms with Crippen LogP contribution in [-0.2, 0) is 16.8 Å². The Hall–Kier alpha value is -0.680. The Morgan fingerprint density at radius 3 is 2.38 bits per heavy atom. The molecule has 0 unspecified atom stereocenters. The topological polar surface area (TPSA) is 47.0 Å². The third-order valence-electron chi connectivity index (χ3n) is 4.35. The Morgan fingerprint density at radius 2 is 1.86 bits per heavy atom. The van der Waals surface area contributed by atoms with E-state index in [1.54, 1.807) is 7.11 Å². The van der Waals surface area contributed by atoms with Crippen molar-refractivity contribution in [3.8, 4) is 0 Å². The first kappa shape index (κ1) is 16.7. The molecule has 1 aliphatic rings. The van der Waals surface area contributed by atoms with Gasteiger partial charge in [-0.15, -0.1) is 0 Å². The molecule has 2 rings (SSSR count). The summed E-state index contributed by atoms with van der Waals surface area (Å²) in [6, 6.07) is 0. The molecule has 0 spiro atoms. The second-order valence-electron chi connectivity index (χ2n) is 5.77. The van der Waals surface area contributed by atoms with Gasteiger partial charge in [-0.25, -0.2) is 9.97 Å². The summed E-state index contributed by atoms with van der Waals surface area (Å²) in [4.78, 5) is 9.60. The number of aromatic nitrogens is 2. The molecule has 1 aromatic heterocycles. The minimum Gasteiger partial charge on any atom is -0.372 e. The summed E-state index contributed by atoms with van der Waals surface area (Å²) in [6.45, 7) is 2.17. The fraction of sp³-hybridized carbons (Fsp3) is 0.750. The van der Waals surface area contributed by atoms with E-state index in [1.165, 1.54) is 25.7 Å². The van der Waals surface area contributed by atoms with Gasteiger partial charge in [0.25, 0.3) is 0 Å². The fourth-order valence-electron chi connectivity index (χ4n) is 3.08. The molecular weight excluding hydrogens is 330 g/mol. The summed E-state index contributed by atoms with van der Waals surface area (Å²) in [6.07, 6.45) is 8.98. The third-order valence-corrected chi connectivity index (χ3v) is 5.19. The Morgan fingerprint density at radius 1 is 1.19 bits per heavy atom. The van der Waals surface area contributed by atoms with E-state index in [1.807, 2.05) is 7.05 Å². The first-order chi connectivity index (χ1) is 10.2. The zero-order valence-electron chi connectivity index (χ0n) is 13.3. The number of hydrogen-bond donors (Lipinski definition) is 1. The van der Waals surface area contributed by atoms with Crippen molar-refractivity contribution >= 4 is 21.7 Å². The van der Waals surface area contributed by atoms with E-state index in [2.05, 4.69) is 28.2 Å². The molecule has 0 bridgehead atoms. The molecule has 118 valence electrons. The highest BCUT2D eigenvalue weighted by Gasteiger charge is 2.36. The summed E-state index contributed by atoms with van der Waals surface area (Å²) in [5.74, 6) is 1.71. The average Bonchev–Trinajstić information content (AvgIpc) is 2.76. The molecule has 0 radical (unpaired) electrons. The van der Waals surface area contributed by atoms with E-state index >= 15 is 0 Å². The summed E-state index contributed by atoms with van der Waals surface area (Å²) in [5.41, 5.74) is 0.762. The number of nitrogens with zero attached hydrogens (tertiary/aromatic N) is 2. The molecule has 0 saturated heterocycles. The van der Waals surface area contributed by atoms with Gasteiger partial charge in [-0.2, -0.15) is 0 Å². The van der Waals surface area contributed by atoms with Crippen LogP contribution < -0.4 is 5.32 Å². The van der Waals surface area contributed by atoms with Crippen LogP contribution in [-0.4, -0.2) is 24.1 Å². The summed E-state index contributed by atoms with van der Waals surface area (Å²) in [5, 5.41) is 3.18. The Kier molecular flexibility index (Phi) is 5.99. The number of methoxy groups -OCH3 is 1. The molecule has 5 heteroatoms. The van der Waals surface area contributed by atoms with Gasteiger partial charge in [0.05, 0.1) is 10.2 Å². The smallest absolute Gasteiger partial charge is 0.162 e. The maximum Gasteiger partial charge on any atom is 0.162 e. The summed E-state index contributed by atoms with van der Waals surface area (Å²) < 4.78 is 6.93. The van der Waals surface area contributed by atoms with Gasteiger partial charge in [0.15, 0.2) is 5.82 Å². The van der Waals surface area contributed by atoms with E-state index in [0.29, 0.717) is 0 Å². The maximum absolute atomic E-state index is 5.95. The molecule has 0 amide bonds. The Bertz CT molecular complexity index is 471. The molecule has 0 aliphatic heterocycles. The van der Waals surface area contributed by atoms with Crippen molar-refractivity contribution in [3.63, 3.8) is 0 Å². The molecule has 0 atom stereocenters. The zero-order chi connectivity index (χ0) is 15.3. The van der Waals surface area contributed by atoms with Gasteiger partial charge in [-0.05, 0) is 35.2 Å². The molecule has 21 heavy (non-hydrogen) atoms. The minimum atomic E-state index is -0.314. The van der Waals surface area contributed by atoms with Gasteiger partial charge in [0.1, 0.15) is 11.4 Å². The highest BCUT2D eigenvalue weighted by Crippen LogP contribution is 2.39. The predicted molar refractivity (Wildman–Crippen MR) is 89.7 cm³/mol. The molecule has 1 fully saturated rings. The number of anilines is 1. The van der Waals surface area contributed by atoms with Crippen LogP contribution in [0.2, 0.25) is 0 Å². The number of halogens is 1. The van der Waals surface area contributed by atoms with Crippen LogP contribution >= 0.6 is 15.9 Å². The molecule has 1 aromatic rings. The highest BCUT2D eigenvalue weighted by atomic mass is 79.9. The molecular formula is C16H26BrN3O. The van der Waals surface area contributed by atoms with E-state index in [-0.39, 0.29) is 5.60 Å². The first-order valence-electron chi connectivity index (χ1n) is 7.96. The Balaban J connectivity index is 2.46. The van der Waals surface area contributed by atoms with Crippen molar-refractivity contribution in [2.75, 3.05) is 19.5 Å². The average molecular weight is 356 g/mol. The largest absolute Gasteiger partial charge is 0.372 e. The van der Waals surface area contributed by atoms with Crippen molar-refractivity contribution in [3.05, 3.63) is 16.0 Å². The van der Waals surface area contributed by atoms with Crippen LogP contribution in [0.25, 0.3) is 0 Å². The summed E-state index contributed by atoms with van der Waals surface area (Å²) in [7, 11) is 3.70. The molecule has 1 heterocycles. The Labute approximate surface area is 136 Å². The van der Waals surface area contributed by atoms with Gasteiger partial charge >= 0.3 is 0 Å². The van der Waals surface area contributed by atoms with Gasteiger partial charge in [-0.3, -0.25) is 0 Å². The van der Waals surface area contributed by atoms with Crippen molar-refractivity contribution < 1.29 is 4.74 Å². The lowest BCUT2D eigenvalue weighted by Gasteiger charge is -2.30. The SMILES string of the molecule is CCCc1nc(C2(OC)CCCCCC2)nc(NC)c1Br. The molecule has 0 aromatic carbocycles. The van der Waals surface area contributed by atoms with Crippen molar-refractivity contribution in [2.45, 2.75) is 63.9 Å². The van der Waals surface area contributed by atoms with Gasteiger partial charge in [0.2, 0.25) is 0 Å². The lowest BCUT2D eigenvalue weighted by Crippen LogP contribution is -2.31. The summed E-state index contributed by atoms with van der Waals surface area (Å²) >= 11 is 3.63. The van der Waals surface area contributed by atoms with Crippen LogP contribution in [0.1, 0.15) is 63.4 Å². The van der Waals surface area contributed by atoms with E-state index in [0.717, 1.165) is 47.5 Å². The maximum atomic E-state index is 5.95. The normalized spacial score (nSPS) is 18.3. The second-order valence-corrected chi connectivity index (χ2v) is 6.56. The van der Waals surface area contributed by atoms with Gasteiger partial charge < -0.3 is 10.1 Å². The van der Waals surface area contributed by atoms with Crippen molar-refractivity contribution in [1.82, 2.24) is 9.97 Å². The van der Waals surface area contributed by atoms with Crippen LogP contribution in [0.4, 0.5) is 5.82 Å². The monoisotopic (exact) mass is 355 g/mol. The molecule has 1 N–H and O–H groups in total. The standard InChI is InChI=1S/C16H26BrN3O/c1-4-9-12-13(17)14(18-2)20-15(19-12)16(21-3)10-7-5-6-8-11-16/h4-11H2,1-3H3,(H,18,19,20). The second kappa shape index (κ2) is 7.54. The highest BCUT2D eigenvalue weighted by molar-refractivity contribution is 9.10. The predicted octanol–water partition coefficient (Wildman–Crippen LogP) is 4.43. The number of hydrogen-bond acceptors (Lipinski definition) is 4. The van der Waals surface area contributed by atoms with Crippen molar-refractivity contribution in [2.24, 2.45) is 0 Å². The lowest BCUT2D eigenvalue weighted by atomic mass is 9.93. The molecule has 4 nitrogen and oxygen atoms in total. The number of aryl methyl sites for hydroxylation is 1. The van der Waals surface area contributed by atoms with E-state index in [4.69, 9.17) is 14.7 Å². The van der Waals surface area contributed by atoms with Crippen molar-refractivity contribution in [1.29, 1.82) is 0 Å². The van der Waals surface area contributed by atoms with Crippen LogP contribution in [0.15, 0.2) is 4.47 Å². The van der Waals surface area contributed by atoms with Crippen LogP contribution in [0, 0.1) is 0 Å². The zero-order valence-corrected chi connectivity index (χ0v) is 14.9. The number of rotatable bonds is 5. The first-order valence-corrected chi connectivity index (χ1v) is 8.76. The molecule has 1 aliphatic carbocycles. The van der Waals surface area contributed by atoms with E-state index in [9.17, 15) is 0 Å². The number of nitrogens with one attached hydrogen (secondary N) is 1. The third kappa shape index (κ3) is 3.57. The lowest BCUT2D eigenvalue weighted by molar-refractivity contribution is -0.0352. The number of ether oxygens (including phenoxy) is 1. The molecule has 1 saturated carbocycles. The van der Waals surface area contributed by atoms with Crippen LogP contribution in [0.5, 0.6) is 0 Å². The van der Waals surface area contributed by atoms with Gasteiger partial charge in [0, 0.05) is 14.2 Å². The minimum absolute atomic E-state index is 0.314. The van der Waals surface area contributed by atoms with Crippen LogP contribution in [0.3, 0.4) is 0 Å². The van der Waals surface area contributed by atoms with E-state index < -0.39 is 0 Å². The van der Waals surface area contributed by atoms with Gasteiger partial charge in [-0.1, -0.05) is 39.0 Å². The quantitative estimate of drug-likeness (QED) is 0.793.